The number of hydrogen-bond acceptors (Lipinski definition) is 3. The van der Waals surface area contributed by atoms with Gasteiger partial charge in [0.05, 0.1) is 22.9 Å². The Balaban J connectivity index is 1.38. The molecule has 2 atom stereocenters. The molecule has 4 nitrogen and oxygen atoms in total. The highest BCUT2D eigenvalue weighted by atomic mass is 15.2. The molecule has 0 amide bonds. The molecule has 2 aliphatic rings. The lowest BCUT2D eigenvalue weighted by Crippen LogP contribution is -2.51. The molecule has 9 rings (SSSR count). The Bertz CT molecular complexity index is 2560. The number of nitrogens with one attached hydrogen (secondary N) is 3. The van der Waals surface area contributed by atoms with Crippen LogP contribution < -0.4 is 21.2 Å². The Morgan fingerprint density at radius 2 is 1.39 bits per heavy atom. The van der Waals surface area contributed by atoms with Crippen LogP contribution in [0, 0.1) is 0 Å². The fraction of sp³-hybridized carbons (Fsp3) is 0.111. The van der Waals surface area contributed by atoms with Crippen molar-refractivity contribution in [3.05, 3.63) is 167 Å². The van der Waals surface area contributed by atoms with E-state index < -0.39 is 0 Å². The lowest BCUT2D eigenvalue weighted by atomic mass is 9.94. The number of para-hydroxylation sites is 1. The van der Waals surface area contributed by atoms with Crippen molar-refractivity contribution in [2.75, 3.05) is 5.32 Å². The predicted molar refractivity (Wildman–Crippen MR) is 208 cm³/mol. The van der Waals surface area contributed by atoms with Crippen LogP contribution in [-0.2, 0) is 0 Å². The number of benzene rings is 5. The Labute approximate surface area is 286 Å². The average Bonchev–Trinajstić information content (AvgIpc) is 3.48. The maximum Gasteiger partial charge on any atom is 0.122 e. The summed E-state index contributed by atoms with van der Waals surface area (Å²) < 4.78 is 2.39. The summed E-state index contributed by atoms with van der Waals surface area (Å²) in [5.41, 5.74) is 8.14. The van der Waals surface area contributed by atoms with Crippen LogP contribution in [0.25, 0.3) is 61.6 Å². The second-order valence-corrected chi connectivity index (χ2v) is 13.0. The van der Waals surface area contributed by atoms with Crippen molar-refractivity contribution in [2.45, 2.75) is 32.0 Å². The van der Waals surface area contributed by atoms with Crippen LogP contribution in [-0.4, -0.2) is 10.7 Å². The van der Waals surface area contributed by atoms with Gasteiger partial charge in [-0.1, -0.05) is 116 Å². The molecule has 0 saturated carbocycles. The molecule has 2 unspecified atom stereocenters. The van der Waals surface area contributed by atoms with Gasteiger partial charge in [-0.25, -0.2) is 0 Å². The Hall–Kier alpha value is -6.00. The van der Waals surface area contributed by atoms with Crippen LogP contribution in [0.2, 0.25) is 0 Å². The molecule has 0 radical (unpaired) electrons. The van der Waals surface area contributed by atoms with E-state index in [1.54, 1.807) is 0 Å². The van der Waals surface area contributed by atoms with Gasteiger partial charge in [0.15, 0.2) is 0 Å². The predicted octanol–water partition coefficient (Wildman–Crippen LogP) is 10.0. The molecule has 4 heteroatoms. The molecule has 0 saturated heterocycles. The van der Waals surface area contributed by atoms with E-state index in [0.717, 1.165) is 51.6 Å². The van der Waals surface area contributed by atoms with E-state index in [1.807, 2.05) is 0 Å². The van der Waals surface area contributed by atoms with Crippen LogP contribution >= 0.6 is 0 Å². The molecule has 1 aliphatic heterocycles. The number of aromatic nitrogens is 1. The number of anilines is 1. The van der Waals surface area contributed by atoms with Gasteiger partial charge in [0, 0.05) is 33.2 Å². The number of allylic oxidation sites excluding steroid dienone is 4. The molecule has 6 aromatic carbocycles. The highest BCUT2D eigenvalue weighted by Gasteiger charge is 2.31. The monoisotopic (exact) mass is 634 g/mol. The quantitative estimate of drug-likeness (QED) is 0.177. The van der Waals surface area contributed by atoms with Crippen molar-refractivity contribution < 1.29 is 0 Å². The van der Waals surface area contributed by atoms with Gasteiger partial charge in [0.25, 0.3) is 0 Å². The van der Waals surface area contributed by atoms with Gasteiger partial charge in [-0.3, -0.25) is 0 Å². The molecular weight excluding hydrogens is 597 g/mol. The smallest absolute Gasteiger partial charge is 0.122 e. The van der Waals surface area contributed by atoms with Crippen molar-refractivity contribution in [3.8, 4) is 5.69 Å². The minimum absolute atomic E-state index is 0.0293. The third-order valence-electron chi connectivity index (χ3n) is 10.2. The maximum atomic E-state index is 4.96. The normalized spacial score (nSPS) is 17.5. The summed E-state index contributed by atoms with van der Waals surface area (Å²) >= 11 is 0. The second-order valence-electron chi connectivity index (χ2n) is 13.0. The summed E-state index contributed by atoms with van der Waals surface area (Å²) in [4.78, 5) is 0. The standard InChI is InChI=1S/C45H38N4/c1-3-16-39-42-29(2)41-34(32-21-10-11-22-33(32)35-24-15-28-40(43(35)42)49(39)31-19-8-5-9-20-31)23-14-27-38(41)48-45-44(30-17-6-4-7-18-30)46-36-25-12-13-26-37(36)47-45/h3-11,13-24,26-28,44-48H,2,12,25H2,1H3/b16-3-. The highest BCUT2D eigenvalue weighted by Crippen LogP contribution is 2.39. The van der Waals surface area contributed by atoms with Crippen LogP contribution in [0.1, 0.15) is 37.1 Å². The zero-order valence-electron chi connectivity index (χ0n) is 27.6. The lowest BCUT2D eigenvalue weighted by molar-refractivity contribution is 0.419. The molecule has 2 heterocycles. The Morgan fingerprint density at radius 1 is 0.714 bits per heavy atom. The van der Waals surface area contributed by atoms with Gasteiger partial charge in [-0.2, -0.15) is 0 Å². The lowest BCUT2D eigenvalue weighted by Gasteiger charge is -2.39. The van der Waals surface area contributed by atoms with Crippen molar-refractivity contribution in [1.29, 1.82) is 0 Å². The molecule has 0 fully saturated rings. The first kappa shape index (κ1) is 29.2. The molecule has 0 bridgehead atoms. The number of nitrogens with zero attached hydrogens (tertiary/aromatic N) is 1. The van der Waals surface area contributed by atoms with E-state index in [0.29, 0.717) is 0 Å². The summed E-state index contributed by atoms with van der Waals surface area (Å²) in [6.45, 7) is 7.05. The first-order valence-electron chi connectivity index (χ1n) is 17.2. The Morgan fingerprint density at radius 3 is 2.14 bits per heavy atom. The SMILES string of the molecule is C=c1c2c(NC3NC4=C(CCC=C4)NC3c3ccccc3)cccc2c2ccccc2c2cccc3c2c1c(/C=C\C)n3-c1ccccc1. The summed E-state index contributed by atoms with van der Waals surface area (Å²) in [6, 6.07) is 43.6. The van der Waals surface area contributed by atoms with Crippen LogP contribution in [0.15, 0.2) is 151 Å². The number of fused-ring (bicyclic) bond motifs is 4. The fourth-order valence-electron chi connectivity index (χ4n) is 8.05. The minimum atomic E-state index is -0.111. The molecular formula is C45H38N4. The van der Waals surface area contributed by atoms with E-state index in [1.165, 1.54) is 43.7 Å². The molecule has 49 heavy (non-hydrogen) atoms. The van der Waals surface area contributed by atoms with E-state index in [-0.39, 0.29) is 12.2 Å². The van der Waals surface area contributed by atoms with Crippen molar-refractivity contribution in [1.82, 2.24) is 15.2 Å². The van der Waals surface area contributed by atoms with E-state index >= 15 is 0 Å². The molecule has 3 N–H and O–H groups in total. The highest BCUT2D eigenvalue weighted by molar-refractivity contribution is 6.25. The van der Waals surface area contributed by atoms with Gasteiger partial charge in [0.1, 0.15) is 6.17 Å². The fourth-order valence-corrected chi connectivity index (χ4v) is 8.05. The van der Waals surface area contributed by atoms with Crippen LogP contribution in [0.3, 0.4) is 0 Å². The maximum absolute atomic E-state index is 4.96. The van der Waals surface area contributed by atoms with Crippen LogP contribution in [0.4, 0.5) is 5.69 Å². The zero-order valence-corrected chi connectivity index (χ0v) is 27.6. The van der Waals surface area contributed by atoms with Gasteiger partial charge in [-0.05, 0) is 88.5 Å². The molecule has 7 aromatic rings. The largest absolute Gasteiger partial charge is 0.376 e. The number of hydrogen-bond donors (Lipinski definition) is 3. The van der Waals surface area contributed by atoms with E-state index in [4.69, 9.17) is 6.58 Å². The minimum Gasteiger partial charge on any atom is -0.376 e. The van der Waals surface area contributed by atoms with Crippen LogP contribution in [0.5, 0.6) is 0 Å². The summed E-state index contributed by atoms with van der Waals surface area (Å²) in [6.07, 6.45) is 10.8. The third-order valence-corrected chi connectivity index (χ3v) is 10.2. The first-order chi connectivity index (χ1) is 24.2. The summed E-state index contributed by atoms with van der Waals surface area (Å²) in [5, 5.41) is 21.1. The molecule has 238 valence electrons. The summed E-state index contributed by atoms with van der Waals surface area (Å²) in [5.74, 6) is 0. The molecule has 0 spiro atoms. The van der Waals surface area contributed by atoms with Crippen molar-refractivity contribution in [3.63, 3.8) is 0 Å². The Kier molecular flexibility index (Phi) is 7.09. The van der Waals surface area contributed by atoms with E-state index in [9.17, 15) is 0 Å². The van der Waals surface area contributed by atoms with E-state index in [2.05, 4.69) is 173 Å². The topological polar surface area (TPSA) is 41.0 Å². The van der Waals surface area contributed by atoms with Gasteiger partial charge < -0.3 is 20.5 Å². The summed E-state index contributed by atoms with van der Waals surface area (Å²) in [7, 11) is 0. The van der Waals surface area contributed by atoms with Crippen molar-refractivity contribution >= 4 is 61.6 Å². The molecule has 1 aliphatic carbocycles. The van der Waals surface area contributed by atoms with Crippen molar-refractivity contribution in [2.24, 2.45) is 0 Å². The van der Waals surface area contributed by atoms with Gasteiger partial charge in [0.2, 0.25) is 0 Å². The first-order valence-corrected chi connectivity index (χ1v) is 17.2. The third kappa shape index (κ3) is 4.75. The second kappa shape index (κ2) is 11.9. The average molecular weight is 635 g/mol. The molecule has 1 aromatic heterocycles. The van der Waals surface area contributed by atoms with Gasteiger partial charge >= 0.3 is 0 Å². The van der Waals surface area contributed by atoms with Gasteiger partial charge in [-0.15, -0.1) is 0 Å². The zero-order chi connectivity index (χ0) is 32.9. The number of rotatable bonds is 5.